The second-order valence-corrected chi connectivity index (χ2v) is 24.9. The van der Waals surface area contributed by atoms with Crippen LogP contribution in [-0.2, 0) is 56.8 Å². The monoisotopic (exact) mass is 1200 g/mol. The van der Waals surface area contributed by atoms with Crippen LogP contribution in [0.2, 0.25) is 0 Å². The van der Waals surface area contributed by atoms with Crippen LogP contribution in [0, 0.1) is 23.6 Å². The minimum Gasteiger partial charge on any atom is -0.370 e. The van der Waals surface area contributed by atoms with Gasteiger partial charge in [-0.05, 0) is 136 Å². The number of primary amides is 1. The normalized spacial score (nSPS) is 21.3. The molecule has 6 heterocycles. The number of piperidine rings is 2. The smallest absolute Gasteiger partial charge is 0.370 e. The minimum absolute atomic E-state index is 0.0169. The Labute approximate surface area is 485 Å². The van der Waals surface area contributed by atoms with E-state index in [1.54, 1.807) is 24.1 Å². The summed E-state index contributed by atoms with van der Waals surface area (Å²) in [6, 6.07) is 8.85. The number of nitrogens with zero attached hydrogens (tertiary/aromatic N) is 4. The molecule has 3 aromatic carbocycles. The molecule has 6 atom stereocenters. The van der Waals surface area contributed by atoms with E-state index in [1.165, 1.54) is 46.2 Å². The molecule has 26 heteroatoms. The van der Waals surface area contributed by atoms with Gasteiger partial charge in [0.1, 0.15) is 36.0 Å². The molecule has 5 aliphatic rings. The Morgan fingerprint density at radius 3 is 2.38 bits per heavy atom. The first-order chi connectivity index (χ1) is 39.9. The van der Waals surface area contributed by atoms with Crippen molar-refractivity contribution in [3.05, 3.63) is 105 Å². The number of unbranched alkanes of at least 4 members (excludes halogenated alkanes) is 1. The maximum atomic E-state index is 14.6. The maximum Gasteiger partial charge on any atom is 0.399 e. The van der Waals surface area contributed by atoms with E-state index in [0.29, 0.717) is 73.1 Å². The summed E-state index contributed by atoms with van der Waals surface area (Å²) in [6.45, 7) is 1.45. The number of carbonyl (C=O) groups is 9. The number of likely N-dealkylation sites (tertiary alicyclic amines) is 1. The van der Waals surface area contributed by atoms with Gasteiger partial charge < -0.3 is 51.1 Å². The van der Waals surface area contributed by atoms with E-state index >= 15 is 0 Å². The highest BCUT2D eigenvalue weighted by Crippen LogP contribution is 2.59. The molecule has 9 rings (SSSR count). The Kier molecular flexibility index (Phi) is 18.7. The number of fused-ring (bicyclic) bond motifs is 3. The molecule has 9 amide bonds. The lowest BCUT2D eigenvalue weighted by Gasteiger charge is -2.38. The molecule has 0 bridgehead atoms. The largest absolute Gasteiger partial charge is 0.399 e. The number of benzene rings is 3. The SMILES string of the molecule is CN1CC[C@H]2CC[C@@H](C(=O)NC(CCC(N)=O)C(=O)NC(Cc3ccc(F)cc3)C(=O)N3CCC(CCCC#Cc4cccc5c4CN(C4CCC(=O)NC4=O)C5=O)CC3)N2C(=O)[C@@H](NC(=O)c2cc3cc(C(F)(F)P(=O)(O)O)ccc3s2)C1. The molecule has 446 valence electrons. The van der Waals surface area contributed by atoms with Gasteiger partial charge in [-0.15, -0.1) is 11.3 Å². The van der Waals surface area contributed by atoms with E-state index in [9.17, 15) is 70.7 Å². The fraction of sp³-hybridized carbons (Fsp3) is 0.466. The van der Waals surface area contributed by atoms with Gasteiger partial charge in [-0.3, -0.25) is 53.0 Å². The Bertz CT molecular complexity index is 3380. The number of hydrogen-bond donors (Lipinski definition) is 7. The average molecular weight is 1200 g/mol. The number of nitrogens with two attached hydrogens (primary N) is 1. The number of thiophene rings is 1. The quantitative estimate of drug-likeness (QED) is 0.0324. The molecule has 4 fully saturated rings. The molecule has 5 aliphatic heterocycles. The summed E-state index contributed by atoms with van der Waals surface area (Å²) in [4.78, 5) is 146. The summed E-state index contributed by atoms with van der Waals surface area (Å²) >= 11 is 0.910. The van der Waals surface area contributed by atoms with Crippen LogP contribution >= 0.6 is 18.9 Å². The number of likely N-dealkylation sites (N-methyl/N-ethyl adjacent to an activating group) is 1. The number of amides is 9. The van der Waals surface area contributed by atoms with Crippen LogP contribution in [0.1, 0.15) is 119 Å². The lowest BCUT2D eigenvalue weighted by atomic mass is 9.91. The van der Waals surface area contributed by atoms with Gasteiger partial charge in [-0.2, -0.15) is 8.78 Å². The first kappa shape index (κ1) is 61.1. The molecule has 4 saturated heterocycles. The number of halogens is 3. The molecule has 4 aromatic rings. The second kappa shape index (κ2) is 25.8. The van der Waals surface area contributed by atoms with Crippen molar-refractivity contribution in [1.82, 2.24) is 40.9 Å². The molecule has 0 radical (unpaired) electrons. The topological polar surface area (TPSA) is 298 Å². The molecule has 8 N–H and O–H groups in total. The van der Waals surface area contributed by atoms with E-state index < -0.39 is 102 Å². The number of hydrogen-bond acceptors (Lipinski definition) is 12. The lowest BCUT2D eigenvalue weighted by molar-refractivity contribution is -0.144. The fourth-order valence-electron chi connectivity index (χ4n) is 11.8. The predicted octanol–water partition coefficient (Wildman–Crippen LogP) is 3.76. The zero-order valence-electron chi connectivity index (χ0n) is 46.0. The number of nitrogens with one attached hydrogen (secondary N) is 4. The van der Waals surface area contributed by atoms with Crippen LogP contribution in [0.25, 0.3) is 10.1 Å². The zero-order valence-corrected chi connectivity index (χ0v) is 47.7. The third-order valence-electron chi connectivity index (χ3n) is 16.4. The number of carbonyl (C=O) groups excluding carboxylic acids is 9. The van der Waals surface area contributed by atoms with Crippen molar-refractivity contribution >= 4 is 82.2 Å². The summed E-state index contributed by atoms with van der Waals surface area (Å²) in [5.74, 6) is 1.02. The van der Waals surface area contributed by atoms with E-state index in [2.05, 4.69) is 33.1 Å². The highest BCUT2D eigenvalue weighted by Gasteiger charge is 2.51. The van der Waals surface area contributed by atoms with Crippen molar-refractivity contribution in [2.45, 2.75) is 132 Å². The maximum absolute atomic E-state index is 14.6. The van der Waals surface area contributed by atoms with Crippen LogP contribution < -0.4 is 27.0 Å². The summed E-state index contributed by atoms with van der Waals surface area (Å²) in [5, 5.41) is 10.7. The van der Waals surface area contributed by atoms with Crippen LogP contribution in [0.3, 0.4) is 0 Å². The molecular formula is C58H65F3N9O12PS. The molecule has 1 aromatic heterocycles. The van der Waals surface area contributed by atoms with Crippen molar-refractivity contribution in [3.63, 3.8) is 0 Å². The standard InChI is InChI=1S/C58H65F3N9O12PS/c1-67-25-24-39-15-17-46(70(39)57(79)44(32-67)65-54(76)48-30-36-29-37(12-19-47(36)84-48)58(60,61)83(80,81)82)53(75)63-42(16-20-49(62)71)51(73)64-43(28-34-10-13-38(59)14-11-34)56(78)68-26-22-33(23-27-68)6-3-2-4-7-35-8-5-9-40-41(35)31-69(55(40)77)45-18-21-50(72)66-52(45)74/h5,8-14,19,29-30,33,39,42-46H,2-3,6,15-18,20-28,31-32H2,1H3,(H2,62,71)(H,63,75)(H,64,73)(H,65,76)(H,66,72,74)(H2,80,81,82)/t39-,42?,43?,44+,45?,46+/m1/s1. The molecule has 0 aliphatic carbocycles. The average Bonchev–Trinajstić information content (AvgIpc) is 2.23. The van der Waals surface area contributed by atoms with Crippen LogP contribution in [-0.4, -0.2) is 152 Å². The highest BCUT2D eigenvalue weighted by molar-refractivity contribution is 7.52. The first-order valence-corrected chi connectivity index (χ1v) is 30.4. The summed E-state index contributed by atoms with van der Waals surface area (Å²) in [5.41, 5.74) is 2.57. The van der Waals surface area contributed by atoms with Crippen LogP contribution in [0.4, 0.5) is 13.2 Å². The van der Waals surface area contributed by atoms with Crippen molar-refractivity contribution in [2.24, 2.45) is 11.7 Å². The summed E-state index contributed by atoms with van der Waals surface area (Å²) in [7, 11) is -4.12. The van der Waals surface area contributed by atoms with Crippen molar-refractivity contribution in [1.29, 1.82) is 0 Å². The van der Waals surface area contributed by atoms with E-state index in [0.717, 1.165) is 41.9 Å². The van der Waals surface area contributed by atoms with Crippen molar-refractivity contribution < 1.29 is 70.7 Å². The van der Waals surface area contributed by atoms with E-state index in [1.807, 2.05) is 11.0 Å². The molecule has 0 spiro atoms. The highest BCUT2D eigenvalue weighted by atomic mass is 32.1. The fourth-order valence-corrected chi connectivity index (χ4v) is 13.2. The Balaban J connectivity index is 0.826. The Hall–Kier alpha value is -7.49. The van der Waals surface area contributed by atoms with Gasteiger partial charge >= 0.3 is 13.3 Å². The molecule has 3 unspecified atom stereocenters. The Morgan fingerprint density at radius 1 is 0.917 bits per heavy atom. The Morgan fingerprint density at radius 2 is 1.67 bits per heavy atom. The number of alkyl halides is 2. The van der Waals surface area contributed by atoms with Crippen molar-refractivity contribution in [2.75, 3.05) is 33.2 Å². The van der Waals surface area contributed by atoms with Crippen molar-refractivity contribution in [3.8, 4) is 11.8 Å². The van der Waals surface area contributed by atoms with Gasteiger partial charge in [0.25, 0.3) is 11.8 Å². The van der Waals surface area contributed by atoms with Crippen LogP contribution in [0.5, 0.6) is 0 Å². The van der Waals surface area contributed by atoms with Gasteiger partial charge in [0.2, 0.25) is 41.4 Å². The minimum atomic E-state index is -5.88. The molecular weight excluding hydrogens is 1130 g/mol. The number of rotatable bonds is 18. The summed E-state index contributed by atoms with van der Waals surface area (Å²) in [6.07, 6.45) is 4.29. The zero-order chi connectivity index (χ0) is 60.2. The lowest BCUT2D eigenvalue weighted by Crippen LogP contribution is -2.61. The summed E-state index contributed by atoms with van der Waals surface area (Å²) < 4.78 is 55.1. The van der Waals surface area contributed by atoms with Crippen LogP contribution in [0.15, 0.2) is 66.7 Å². The number of imide groups is 1. The molecule has 0 saturated carbocycles. The van der Waals surface area contributed by atoms with E-state index in [4.69, 9.17) is 5.73 Å². The second-order valence-electron chi connectivity index (χ2n) is 22.2. The third-order valence-corrected chi connectivity index (χ3v) is 18.5. The third kappa shape index (κ3) is 13.8. The van der Waals surface area contributed by atoms with Gasteiger partial charge in [-0.25, -0.2) is 4.39 Å². The first-order valence-electron chi connectivity index (χ1n) is 27.9. The predicted molar refractivity (Wildman–Crippen MR) is 300 cm³/mol. The molecule has 84 heavy (non-hydrogen) atoms. The molecule has 21 nitrogen and oxygen atoms in total. The van der Waals surface area contributed by atoms with Gasteiger partial charge in [0, 0.05) is 79.3 Å². The van der Waals surface area contributed by atoms with Gasteiger partial charge in [0.05, 0.1) is 4.88 Å². The van der Waals surface area contributed by atoms with Gasteiger partial charge in [0.15, 0.2) is 0 Å². The van der Waals surface area contributed by atoms with Gasteiger partial charge in [-0.1, -0.05) is 36.1 Å². The van der Waals surface area contributed by atoms with E-state index in [-0.39, 0.29) is 79.6 Å².